The van der Waals surface area contributed by atoms with Crippen molar-refractivity contribution >= 4 is 11.6 Å². The Morgan fingerprint density at radius 1 is 1.47 bits per heavy atom. The molecule has 104 valence electrons. The highest BCUT2D eigenvalue weighted by Gasteiger charge is 2.28. The topological polar surface area (TPSA) is 58.4 Å². The molecule has 19 heavy (non-hydrogen) atoms. The first-order valence-corrected chi connectivity index (χ1v) is 6.95. The number of benzene rings is 1. The van der Waals surface area contributed by atoms with Crippen LogP contribution in [0.1, 0.15) is 30.4 Å². The van der Waals surface area contributed by atoms with Gasteiger partial charge in [-0.2, -0.15) is 0 Å². The minimum atomic E-state index is -0.0399. The van der Waals surface area contributed by atoms with Gasteiger partial charge in [-0.05, 0) is 49.4 Å². The summed E-state index contributed by atoms with van der Waals surface area (Å²) in [5, 5.41) is 2.77. The van der Waals surface area contributed by atoms with Gasteiger partial charge in [-0.25, -0.2) is 0 Å². The molecule has 4 heteroatoms. The van der Waals surface area contributed by atoms with E-state index in [1.54, 1.807) is 7.05 Å². The molecule has 4 nitrogen and oxygen atoms in total. The van der Waals surface area contributed by atoms with Crippen molar-refractivity contribution < 1.29 is 4.79 Å². The van der Waals surface area contributed by atoms with Crippen LogP contribution >= 0.6 is 0 Å². The van der Waals surface area contributed by atoms with Crippen molar-refractivity contribution in [3.05, 3.63) is 29.3 Å². The molecule has 0 aromatic heterocycles. The Hall–Kier alpha value is -1.55. The molecule has 1 amide bonds. The summed E-state index contributed by atoms with van der Waals surface area (Å²) in [4.78, 5) is 14.2. The predicted molar refractivity (Wildman–Crippen MR) is 78.1 cm³/mol. The van der Waals surface area contributed by atoms with E-state index in [1.165, 1.54) is 5.56 Å². The highest BCUT2D eigenvalue weighted by atomic mass is 16.2. The Bertz CT molecular complexity index is 459. The lowest BCUT2D eigenvalue weighted by Crippen LogP contribution is -2.48. The lowest BCUT2D eigenvalue weighted by atomic mass is 9.99. The maximum absolute atomic E-state index is 12.0. The number of piperidine rings is 1. The van der Waals surface area contributed by atoms with Crippen LogP contribution < -0.4 is 16.0 Å². The van der Waals surface area contributed by atoms with Crippen molar-refractivity contribution in [2.75, 3.05) is 18.5 Å². The molecule has 0 bridgehead atoms. The Morgan fingerprint density at radius 2 is 2.26 bits per heavy atom. The summed E-state index contributed by atoms with van der Waals surface area (Å²) in [7, 11) is 1.71. The zero-order chi connectivity index (χ0) is 13.8. The average molecular weight is 261 g/mol. The molecule has 1 aliphatic heterocycles. The zero-order valence-electron chi connectivity index (χ0n) is 11.8. The van der Waals surface area contributed by atoms with Gasteiger partial charge in [0.25, 0.3) is 0 Å². The maximum Gasteiger partial charge on any atom is 0.242 e. The van der Waals surface area contributed by atoms with Gasteiger partial charge in [0, 0.05) is 25.8 Å². The molecule has 1 aromatic carbocycles. The SMILES string of the molecule is CNC(=O)C1CCCCN1c1ccc(CN)c(C)c1. The molecular formula is C15H23N3O. The smallest absolute Gasteiger partial charge is 0.242 e. The van der Waals surface area contributed by atoms with Gasteiger partial charge in [0.1, 0.15) is 6.04 Å². The lowest BCUT2D eigenvalue weighted by Gasteiger charge is -2.36. The van der Waals surface area contributed by atoms with E-state index in [-0.39, 0.29) is 11.9 Å². The molecule has 1 unspecified atom stereocenters. The molecule has 1 saturated heterocycles. The summed E-state index contributed by atoms with van der Waals surface area (Å²) in [6, 6.07) is 6.25. The number of anilines is 1. The second-order valence-corrected chi connectivity index (χ2v) is 5.13. The van der Waals surface area contributed by atoms with Crippen molar-refractivity contribution in [3.8, 4) is 0 Å². The number of likely N-dealkylation sites (N-methyl/N-ethyl adjacent to an activating group) is 1. The molecule has 0 radical (unpaired) electrons. The highest BCUT2D eigenvalue weighted by Crippen LogP contribution is 2.26. The number of nitrogens with one attached hydrogen (secondary N) is 1. The second-order valence-electron chi connectivity index (χ2n) is 5.13. The van der Waals surface area contributed by atoms with Gasteiger partial charge in [0.05, 0.1) is 0 Å². The first-order valence-electron chi connectivity index (χ1n) is 6.95. The first kappa shape index (κ1) is 13.9. The van der Waals surface area contributed by atoms with Crippen molar-refractivity contribution in [3.63, 3.8) is 0 Å². The number of carbonyl (C=O) groups excluding carboxylic acids is 1. The van der Waals surface area contributed by atoms with Crippen LogP contribution in [-0.2, 0) is 11.3 Å². The molecule has 1 aromatic rings. The quantitative estimate of drug-likeness (QED) is 0.868. The summed E-state index contributed by atoms with van der Waals surface area (Å²) < 4.78 is 0. The third-order valence-corrected chi connectivity index (χ3v) is 3.93. The van der Waals surface area contributed by atoms with Gasteiger partial charge in [0.15, 0.2) is 0 Å². The number of aryl methyl sites for hydroxylation is 1. The van der Waals surface area contributed by atoms with Crippen LogP contribution in [-0.4, -0.2) is 25.5 Å². The van der Waals surface area contributed by atoms with Gasteiger partial charge in [0.2, 0.25) is 5.91 Å². The van der Waals surface area contributed by atoms with Crippen LogP contribution in [0.15, 0.2) is 18.2 Å². The molecule has 3 N–H and O–H groups in total. The van der Waals surface area contributed by atoms with Crippen molar-refractivity contribution in [1.29, 1.82) is 0 Å². The average Bonchev–Trinajstić information content (AvgIpc) is 2.46. The molecule has 1 heterocycles. The van der Waals surface area contributed by atoms with Crippen LogP contribution in [0.25, 0.3) is 0 Å². The fraction of sp³-hybridized carbons (Fsp3) is 0.533. The van der Waals surface area contributed by atoms with E-state index in [4.69, 9.17) is 5.73 Å². The van der Waals surface area contributed by atoms with E-state index in [1.807, 2.05) is 0 Å². The number of rotatable bonds is 3. The molecule has 1 fully saturated rings. The summed E-state index contributed by atoms with van der Waals surface area (Å²) >= 11 is 0. The number of hydrogen-bond donors (Lipinski definition) is 2. The van der Waals surface area contributed by atoms with E-state index in [0.717, 1.165) is 37.1 Å². The van der Waals surface area contributed by atoms with Crippen LogP contribution in [0.4, 0.5) is 5.69 Å². The largest absolute Gasteiger partial charge is 0.360 e. The Labute approximate surface area is 115 Å². The number of hydrogen-bond acceptors (Lipinski definition) is 3. The lowest BCUT2D eigenvalue weighted by molar-refractivity contribution is -0.122. The van der Waals surface area contributed by atoms with E-state index < -0.39 is 0 Å². The van der Waals surface area contributed by atoms with Crippen molar-refractivity contribution in [2.24, 2.45) is 5.73 Å². The van der Waals surface area contributed by atoms with E-state index in [9.17, 15) is 4.79 Å². The fourth-order valence-electron chi connectivity index (χ4n) is 2.77. The van der Waals surface area contributed by atoms with Crippen LogP contribution in [0.2, 0.25) is 0 Å². The second kappa shape index (κ2) is 6.06. The Balaban J connectivity index is 2.27. The van der Waals surface area contributed by atoms with E-state index in [2.05, 4.69) is 35.3 Å². The summed E-state index contributed by atoms with van der Waals surface area (Å²) in [6.45, 7) is 3.58. The van der Waals surface area contributed by atoms with Gasteiger partial charge >= 0.3 is 0 Å². The molecule has 0 aliphatic carbocycles. The predicted octanol–water partition coefficient (Wildman–Crippen LogP) is 1.56. The number of amides is 1. The van der Waals surface area contributed by atoms with Crippen molar-refractivity contribution in [1.82, 2.24) is 5.32 Å². The van der Waals surface area contributed by atoms with Crippen molar-refractivity contribution in [2.45, 2.75) is 38.8 Å². The minimum Gasteiger partial charge on any atom is -0.360 e. The molecular weight excluding hydrogens is 238 g/mol. The third kappa shape index (κ3) is 2.89. The fourth-order valence-corrected chi connectivity index (χ4v) is 2.77. The van der Waals surface area contributed by atoms with E-state index >= 15 is 0 Å². The normalized spacial score (nSPS) is 19.3. The third-order valence-electron chi connectivity index (χ3n) is 3.93. The first-order chi connectivity index (χ1) is 9.17. The van der Waals surface area contributed by atoms with Crippen LogP contribution in [0.5, 0.6) is 0 Å². The number of nitrogens with zero attached hydrogens (tertiary/aromatic N) is 1. The summed E-state index contributed by atoms with van der Waals surface area (Å²) in [5.41, 5.74) is 9.19. The summed E-state index contributed by atoms with van der Waals surface area (Å²) in [6.07, 6.45) is 3.19. The van der Waals surface area contributed by atoms with Gasteiger partial charge < -0.3 is 16.0 Å². The number of nitrogens with two attached hydrogens (primary N) is 1. The standard InChI is InChI=1S/C15H23N3O/c1-11-9-13(7-6-12(11)10-16)18-8-4-3-5-14(18)15(19)17-2/h6-7,9,14H,3-5,8,10,16H2,1-2H3,(H,17,19). The minimum absolute atomic E-state index is 0.0399. The maximum atomic E-state index is 12.0. The zero-order valence-corrected chi connectivity index (χ0v) is 11.8. The monoisotopic (exact) mass is 261 g/mol. The molecule has 0 spiro atoms. The molecule has 0 saturated carbocycles. The summed E-state index contributed by atoms with van der Waals surface area (Å²) in [5.74, 6) is 0.111. The van der Waals surface area contributed by atoms with Crippen LogP contribution in [0, 0.1) is 6.92 Å². The Morgan fingerprint density at radius 3 is 2.89 bits per heavy atom. The van der Waals surface area contributed by atoms with Gasteiger partial charge in [-0.3, -0.25) is 4.79 Å². The molecule has 1 atom stereocenters. The van der Waals surface area contributed by atoms with Crippen LogP contribution in [0.3, 0.4) is 0 Å². The Kier molecular flexibility index (Phi) is 4.43. The number of carbonyl (C=O) groups is 1. The van der Waals surface area contributed by atoms with E-state index in [0.29, 0.717) is 6.54 Å². The van der Waals surface area contributed by atoms with Gasteiger partial charge in [-0.15, -0.1) is 0 Å². The van der Waals surface area contributed by atoms with Gasteiger partial charge in [-0.1, -0.05) is 6.07 Å². The highest BCUT2D eigenvalue weighted by molar-refractivity contribution is 5.85. The molecule has 2 rings (SSSR count). The molecule has 1 aliphatic rings.